The second kappa shape index (κ2) is 6.60. The highest BCUT2D eigenvalue weighted by Crippen LogP contribution is 2.35. The van der Waals surface area contributed by atoms with Crippen LogP contribution in [0.4, 0.5) is 5.69 Å². The van der Waals surface area contributed by atoms with Gasteiger partial charge in [0.15, 0.2) is 11.5 Å². The predicted molar refractivity (Wildman–Crippen MR) is 87.3 cm³/mol. The summed E-state index contributed by atoms with van der Waals surface area (Å²) in [5.74, 6) is 2.24. The zero-order valence-corrected chi connectivity index (χ0v) is 13.2. The van der Waals surface area contributed by atoms with Gasteiger partial charge < -0.3 is 19.1 Å². The van der Waals surface area contributed by atoms with Crippen LogP contribution in [0.15, 0.2) is 42.5 Å². The number of carbonyl (C=O) groups excluding carboxylic acids is 1. The third-order valence-electron chi connectivity index (χ3n) is 3.88. The van der Waals surface area contributed by atoms with E-state index in [0.717, 1.165) is 17.0 Å². The maximum Gasteiger partial charge on any atom is 0.231 e. The van der Waals surface area contributed by atoms with Crippen LogP contribution in [0.3, 0.4) is 0 Å². The van der Waals surface area contributed by atoms with E-state index in [2.05, 4.69) is 0 Å². The fraction of sp³-hybridized carbons (Fsp3) is 0.278. The molecule has 1 heterocycles. The molecule has 0 aromatic heterocycles. The summed E-state index contributed by atoms with van der Waals surface area (Å²) in [4.78, 5) is 14.0. The van der Waals surface area contributed by atoms with Gasteiger partial charge in [-0.2, -0.15) is 0 Å². The monoisotopic (exact) mass is 313 g/mol. The van der Waals surface area contributed by atoms with Crippen LogP contribution in [-0.4, -0.2) is 26.9 Å². The Morgan fingerprint density at radius 1 is 1.17 bits per heavy atom. The predicted octanol–water partition coefficient (Wildman–Crippen LogP) is 3.02. The lowest BCUT2D eigenvalue weighted by molar-refractivity contribution is -0.118. The van der Waals surface area contributed by atoms with Gasteiger partial charge in [-0.05, 0) is 36.2 Å². The fourth-order valence-corrected chi connectivity index (χ4v) is 2.48. The molecule has 0 fully saturated rings. The summed E-state index contributed by atoms with van der Waals surface area (Å²) in [7, 11) is 3.41. The zero-order valence-electron chi connectivity index (χ0n) is 13.2. The third-order valence-corrected chi connectivity index (χ3v) is 3.88. The van der Waals surface area contributed by atoms with Crippen molar-refractivity contribution in [3.8, 4) is 17.2 Å². The molecule has 1 aliphatic heterocycles. The van der Waals surface area contributed by atoms with Crippen LogP contribution < -0.4 is 19.1 Å². The van der Waals surface area contributed by atoms with Crippen molar-refractivity contribution in [1.29, 1.82) is 0 Å². The smallest absolute Gasteiger partial charge is 0.231 e. The first-order valence-corrected chi connectivity index (χ1v) is 7.46. The van der Waals surface area contributed by atoms with Gasteiger partial charge >= 0.3 is 0 Å². The van der Waals surface area contributed by atoms with E-state index in [9.17, 15) is 4.79 Å². The average molecular weight is 313 g/mol. The number of anilines is 1. The molecule has 1 aliphatic rings. The SMILES string of the molecule is COc1cccc(CCC(=O)N(C)c2ccc3c(c2)OCO3)c1. The number of nitrogens with zero attached hydrogens (tertiary/aromatic N) is 1. The van der Waals surface area contributed by atoms with Crippen molar-refractivity contribution in [1.82, 2.24) is 0 Å². The molecule has 2 aromatic rings. The summed E-state index contributed by atoms with van der Waals surface area (Å²) in [5, 5.41) is 0. The Morgan fingerprint density at radius 2 is 2.00 bits per heavy atom. The van der Waals surface area contributed by atoms with E-state index < -0.39 is 0 Å². The van der Waals surface area contributed by atoms with Gasteiger partial charge in [-0.1, -0.05) is 12.1 Å². The molecule has 1 amide bonds. The Morgan fingerprint density at radius 3 is 2.83 bits per heavy atom. The lowest BCUT2D eigenvalue weighted by Crippen LogP contribution is -2.26. The third kappa shape index (κ3) is 3.39. The zero-order chi connectivity index (χ0) is 16.2. The van der Waals surface area contributed by atoms with Gasteiger partial charge in [-0.3, -0.25) is 4.79 Å². The second-order valence-electron chi connectivity index (χ2n) is 5.34. The summed E-state index contributed by atoms with van der Waals surface area (Å²) in [5.41, 5.74) is 1.88. The van der Waals surface area contributed by atoms with Gasteiger partial charge in [-0.15, -0.1) is 0 Å². The Kier molecular flexibility index (Phi) is 4.37. The molecule has 3 rings (SSSR count). The summed E-state index contributed by atoms with van der Waals surface area (Å²) in [6.45, 7) is 0.228. The molecule has 0 N–H and O–H groups in total. The van der Waals surface area contributed by atoms with Crippen LogP contribution in [0.25, 0.3) is 0 Å². The topological polar surface area (TPSA) is 48.0 Å². The van der Waals surface area contributed by atoms with Crippen molar-refractivity contribution in [2.75, 3.05) is 25.9 Å². The first-order chi connectivity index (χ1) is 11.2. The summed E-state index contributed by atoms with van der Waals surface area (Å²) in [6, 6.07) is 13.3. The summed E-state index contributed by atoms with van der Waals surface area (Å²) < 4.78 is 15.8. The van der Waals surface area contributed by atoms with Gasteiger partial charge in [0.05, 0.1) is 7.11 Å². The van der Waals surface area contributed by atoms with E-state index in [4.69, 9.17) is 14.2 Å². The molecule has 120 valence electrons. The van der Waals surface area contributed by atoms with Crippen LogP contribution >= 0.6 is 0 Å². The number of ether oxygens (including phenoxy) is 3. The van der Waals surface area contributed by atoms with E-state index >= 15 is 0 Å². The fourth-order valence-electron chi connectivity index (χ4n) is 2.48. The van der Waals surface area contributed by atoms with Crippen LogP contribution in [0, 0.1) is 0 Å². The number of benzene rings is 2. The molecule has 2 aromatic carbocycles. The normalized spacial score (nSPS) is 12.1. The molecule has 0 saturated carbocycles. The molecule has 5 heteroatoms. The quantitative estimate of drug-likeness (QED) is 0.851. The molecule has 0 bridgehead atoms. The number of carbonyl (C=O) groups is 1. The summed E-state index contributed by atoms with van der Waals surface area (Å²) >= 11 is 0. The minimum atomic E-state index is 0.0479. The Balaban J connectivity index is 1.63. The molecule has 0 radical (unpaired) electrons. The molecule has 0 aliphatic carbocycles. The Hall–Kier alpha value is -2.69. The van der Waals surface area contributed by atoms with Gasteiger partial charge in [0.1, 0.15) is 5.75 Å². The van der Waals surface area contributed by atoms with E-state index in [1.165, 1.54) is 0 Å². The molecule has 23 heavy (non-hydrogen) atoms. The van der Waals surface area contributed by atoms with Crippen LogP contribution in [0.1, 0.15) is 12.0 Å². The number of hydrogen-bond acceptors (Lipinski definition) is 4. The summed E-state index contributed by atoms with van der Waals surface area (Å²) in [6.07, 6.45) is 1.10. The lowest BCUT2D eigenvalue weighted by Gasteiger charge is -2.17. The van der Waals surface area contributed by atoms with Crippen LogP contribution in [0.5, 0.6) is 17.2 Å². The number of hydrogen-bond donors (Lipinski definition) is 0. The number of fused-ring (bicyclic) bond motifs is 1. The number of aryl methyl sites for hydroxylation is 1. The highest BCUT2D eigenvalue weighted by Gasteiger charge is 2.17. The number of rotatable bonds is 5. The first-order valence-electron chi connectivity index (χ1n) is 7.46. The molecule has 0 saturated heterocycles. The second-order valence-corrected chi connectivity index (χ2v) is 5.34. The highest BCUT2D eigenvalue weighted by molar-refractivity contribution is 5.93. The van der Waals surface area contributed by atoms with Crippen molar-refractivity contribution in [3.63, 3.8) is 0 Å². The molecular weight excluding hydrogens is 294 g/mol. The van der Waals surface area contributed by atoms with Crippen molar-refractivity contribution in [2.45, 2.75) is 12.8 Å². The van der Waals surface area contributed by atoms with Crippen molar-refractivity contribution < 1.29 is 19.0 Å². The minimum Gasteiger partial charge on any atom is -0.497 e. The Labute approximate surface area is 135 Å². The van der Waals surface area contributed by atoms with Crippen LogP contribution in [0.2, 0.25) is 0 Å². The number of methoxy groups -OCH3 is 1. The van der Waals surface area contributed by atoms with E-state index in [-0.39, 0.29) is 12.7 Å². The van der Waals surface area contributed by atoms with Gasteiger partial charge in [-0.25, -0.2) is 0 Å². The molecular formula is C18H19NO4. The maximum atomic E-state index is 12.4. The van der Waals surface area contributed by atoms with E-state index in [1.54, 1.807) is 19.1 Å². The molecule has 0 atom stereocenters. The average Bonchev–Trinajstić information content (AvgIpc) is 3.06. The van der Waals surface area contributed by atoms with Crippen LogP contribution in [-0.2, 0) is 11.2 Å². The molecule has 5 nitrogen and oxygen atoms in total. The van der Waals surface area contributed by atoms with Crippen molar-refractivity contribution in [3.05, 3.63) is 48.0 Å². The standard InChI is InChI=1S/C18H19NO4/c1-19(14-7-8-16-17(11-14)23-12-22-16)18(20)9-6-13-4-3-5-15(10-13)21-2/h3-5,7-8,10-11H,6,9,12H2,1-2H3. The minimum absolute atomic E-state index is 0.0479. The Bertz CT molecular complexity index is 714. The largest absolute Gasteiger partial charge is 0.497 e. The van der Waals surface area contributed by atoms with Crippen molar-refractivity contribution in [2.24, 2.45) is 0 Å². The number of amides is 1. The van der Waals surface area contributed by atoms with Gasteiger partial charge in [0, 0.05) is 25.2 Å². The lowest BCUT2D eigenvalue weighted by atomic mass is 10.1. The van der Waals surface area contributed by atoms with E-state index in [1.807, 2.05) is 42.5 Å². The molecule has 0 unspecified atom stereocenters. The van der Waals surface area contributed by atoms with Gasteiger partial charge in [0.25, 0.3) is 0 Å². The van der Waals surface area contributed by atoms with E-state index in [0.29, 0.717) is 24.3 Å². The highest BCUT2D eigenvalue weighted by atomic mass is 16.7. The van der Waals surface area contributed by atoms with Crippen molar-refractivity contribution >= 4 is 11.6 Å². The maximum absolute atomic E-state index is 12.4. The first kappa shape index (κ1) is 15.2. The molecule has 0 spiro atoms. The van der Waals surface area contributed by atoms with Gasteiger partial charge in [0.2, 0.25) is 12.7 Å².